The Kier molecular flexibility index (Phi) is 3.82. The first kappa shape index (κ1) is 12.4. The van der Waals surface area contributed by atoms with Crippen LogP contribution in [-0.2, 0) is 20.9 Å². The van der Waals surface area contributed by atoms with Gasteiger partial charge < -0.3 is 9.47 Å². The van der Waals surface area contributed by atoms with Gasteiger partial charge in [-0.15, -0.1) is 0 Å². The molecule has 1 unspecified atom stereocenters. The van der Waals surface area contributed by atoms with Crippen LogP contribution in [0.1, 0.15) is 12.0 Å². The molecule has 1 atom stereocenters. The van der Waals surface area contributed by atoms with Crippen LogP contribution in [0.4, 0.5) is 4.79 Å². The first-order valence-electron chi connectivity index (χ1n) is 5.77. The van der Waals surface area contributed by atoms with Gasteiger partial charge in [-0.3, -0.25) is 4.90 Å². The normalized spacial score (nSPS) is 17.8. The van der Waals surface area contributed by atoms with Gasteiger partial charge in [0.15, 0.2) is 0 Å². The molecular formula is C13H15NO4. The Morgan fingerprint density at radius 3 is 2.61 bits per heavy atom. The number of esters is 1. The van der Waals surface area contributed by atoms with Gasteiger partial charge >= 0.3 is 12.1 Å². The molecule has 1 saturated heterocycles. The molecular weight excluding hydrogens is 234 g/mol. The van der Waals surface area contributed by atoms with Gasteiger partial charge in [0.05, 0.1) is 7.11 Å². The number of carbonyl (C=O) groups excluding carboxylic acids is 2. The molecule has 96 valence electrons. The van der Waals surface area contributed by atoms with Crippen molar-refractivity contribution in [3.63, 3.8) is 0 Å². The zero-order valence-electron chi connectivity index (χ0n) is 10.2. The molecule has 1 aromatic rings. The minimum atomic E-state index is -0.488. The highest BCUT2D eigenvalue weighted by molar-refractivity contribution is 5.83. The lowest BCUT2D eigenvalue weighted by atomic mass is 10.1. The Hall–Kier alpha value is -2.04. The first-order valence-corrected chi connectivity index (χ1v) is 5.77. The highest BCUT2D eigenvalue weighted by atomic mass is 16.6. The summed E-state index contributed by atoms with van der Waals surface area (Å²) in [6.07, 6.45) is 0.160. The molecule has 1 fully saturated rings. The number of methoxy groups -OCH3 is 1. The fourth-order valence-corrected chi connectivity index (χ4v) is 1.79. The zero-order chi connectivity index (χ0) is 13.0. The Labute approximate surface area is 105 Å². The van der Waals surface area contributed by atoms with Gasteiger partial charge in [-0.25, -0.2) is 9.59 Å². The van der Waals surface area contributed by atoms with Crippen LogP contribution in [0, 0.1) is 0 Å². The Morgan fingerprint density at radius 1 is 1.33 bits per heavy atom. The number of benzene rings is 1. The second-order valence-electron chi connectivity index (χ2n) is 4.06. The van der Waals surface area contributed by atoms with Crippen LogP contribution in [0.2, 0.25) is 0 Å². The number of carbonyl (C=O) groups is 2. The highest BCUT2D eigenvalue weighted by Crippen LogP contribution is 2.20. The zero-order valence-corrected chi connectivity index (χ0v) is 10.2. The van der Waals surface area contributed by atoms with Crippen LogP contribution in [-0.4, -0.2) is 36.7 Å². The molecule has 0 bridgehead atoms. The third-order valence-corrected chi connectivity index (χ3v) is 2.93. The molecule has 1 heterocycles. The van der Waals surface area contributed by atoms with Crippen molar-refractivity contribution in [2.75, 3.05) is 13.7 Å². The summed E-state index contributed by atoms with van der Waals surface area (Å²) in [5.74, 6) is -0.391. The maximum atomic E-state index is 11.7. The summed E-state index contributed by atoms with van der Waals surface area (Å²) in [6, 6.07) is 8.92. The van der Waals surface area contributed by atoms with E-state index in [1.54, 1.807) is 0 Å². The van der Waals surface area contributed by atoms with E-state index >= 15 is 0 Å². The minimum absolute atomic E-state index is 0.212. The lowest BCUT2D eigenvalue weighted by Crippen LogP contribution is -2.55. The van der Waals surface area contributed by atoms with Gasteiger partial charge in [-0.05, 0) is 12.0 Å². The van der Waals surface area contributed by atoms with Crippen molar-refractivity contribution in [2.45, 2.75) is 19.1 Å². The van der Waals surface area contributed by atoms with Crippen molar-refractivity contribution >= 4 is 12.1 Å². The Morgan fingerprint density at radius 2 is 2.06 bits per heavy atom. The second kappa shape index (κ2) is 5.53. The van der Waals surface area contributed by atoms with E-state index in [1.807, 2.05) is 30.3 Å². The number of rotatable bonds is 3. The molecule has 0 radical (unpaired) electrons. The number of likely N-dealkylation sites (tertiary alicyclic amines) is 1. The molecule has 0 saturated carbocycles. The number of hydrogen-bond donors (Lipinski definition) is 0. The molecule has 2 rings (SSSR count). The van der Waals surface area contributed by atoms with E-state index < -0.39 is 18.1 Å². The van der Waals surface area contributed by atoms with Crippen LogP contribution >= 0.6 is 0 Å². The molecule has 1 aliphatic rings. The van der Waals surface area contributed by atoms with Crippen molar-refractivity contribution in [2.24, 2.45) is 0 Å². The van der Waals surface area contributed by atoms with E-state index in [1.165, 1.54) is 12.0 Å². The molecule has 0 spiro atoms. The smallest absolute Gasteiger partial charge is 0.410 e. The molecule has 18 heavy (non-hydrogen) atoms. The van der Waals surface area contributed by atoms with Gasteiger partial charge in [0.1, 0.15) is 12.6 Å². The molecule has 0 N–H and O–H groups in total. The van der Waals surface area contributed by atoms with Crippen LogP contribution in [0.5, 0.6) is 0 Å². The van der Waals surface area contributed by atoms with Crippen molar-refractivity contribution in [3.05, 3.63) is 35.9 Å². The van der Waals surface area contributed by atoms with Crippen molar-refractivity contribution in [1.29, 1.82) is 0 Å². The average Bonchev–Trinajstić information content (AvgIpc) is 2.36. The van der Waals surface area contributed by atoms with Crippen LogP contribution in [0.3, 0.4) is 0 Å². The maximum absolute atomic E-state index is 11.7. The quantitative estimate of drug-likeness (QED) is 0.763. The fraction of sp³-hybridized carbons (Fsp3) is 0.385. The fourth-order valence-electron chi connectivity index (χ4n) is 1.79. The average molecular weight is 249 g/mol. The Bertz CT molecular complexity index is 432. The van der Waals surface area contributed by atoms with Gasteiger partial charge in [0, 0.05) is 6.54 Å². The highest BCUT2D eigenvalue weighted by Gasteiger charge is 2.39. The van der Waals surface area contributed by atoms with Crippen LogP contribution in [0.15, 0.2) is 30.3 Å². The summed E-state index contributed by atoms with van der Waals surface area (Å²) < 4.78 is 9.75. The molecule has 0 aliphatic carbocycles. The van der Waals surface area contributed by atoms with Crippen LogP contribution < -0.4 is 0 Å². The first-order chi connectivity index (χ1) is 8.72. The second-order valence-corrected chi connectivity index (χ2v) is 4.06. The summed E-state index contributed by atoms with van der Waals surface area (Å²) in [7, 11) is 1.31. The van der Waals surface area contributed by atoms with E-state index in [0.29, 0.717) is 13.0 Å². The lowest BCUT2D eigenvalue weighted by molar-refractivity contribution is -0.150. The number of hydrogen-bond acceptors (Lipinski definition) is 4. The minimum Gasteiger partial charge on any atom is -0.467 e. The summed E-state index contributed by atoms with van der Waals surface area (Å²) in [6.45, 7) is 0.747. The summed E-state index contributed by atoms with van der Waals surface area (Å²) in [5, 5.41) is 0. The number of amides is 1. The van der Waals surface area contributed by atoms with E-state index in [4.69, 9.17) is 4.74 Å². The van der Waals surface area contributed by atoms with E-state index in [2.05, 4.69) is 4.74 Å². The van der Waals surface area contributed by atoms with Gasteiger partial charge in [-0.2, -0.15) is 0 Å². The molecule has 0 aromatic heterocycles. The standard InChI is InChI=1S/C13H15NO4/c1-17-12(15)11-7-8-14(11)13(16)18-9-10-5-3-2-4-6-10/h2-6,11H,7-9H2,1H3. The van der Waals surface area contributed by atoms with E-state index in [-0.39, 0.29) is 6.61 Å². The number of nitrogens with zero attached hydrogens (tertiary/aromatic N) is 1. The SMILES string of the molecule is COC(=O)C1CCN1C(=O)OCc1ccccc1. The largest absolute Gasteiger partial charge is 0.467 e. The lowest BCUT2D eigenvalue weighted by Gasteiger charge is -2.37. The van der Waals surface area contributed by atoms with Gasteiger partial charge in [0.2, 0.25) is 0 Å². The number of ether oxygens (including phenoxy) is 2. The van der Waals surface area contributed by atoms with E-state index in [9.17, 15) is 9.59 Å². The third-order valence-electron chi connectivity index (χ3n) is 2.93. The summed E-state index contributed by atoms with van der Waals surface area (Å²) in [5.41, 5.74) is 0.918. The van der Waals surface area contributed by atoms with Gasteiger partial charge in [-0.1, -0.05) is 30.3 Å². The topological polar surface area (TPSA) is 55.8 Å². The van der Waals surface area contributed by atoms with Crippen molar-refractivity contribution in [1.82, 2.24) is 4.90 Å². The summed E-state index contributed by atoms with van der Waals surface area (Å²) in [4.78, 5) is 24.4. The molecule has 5 nitrogen and oxygen atoms in total. The third kappa shape index (κ3) is 2.61. The van der Waals surface area contributed by atoms with Crippen molar-refractivity contribution in [3.8, 4) is 0 Å². The van der Waals surface area contributed by atoms with Crippen LogP contribution in [0.25, 0.3) is 0 Å². The maximum Gasteiger partial charge on any atom is 0.410 e. The predicted molar refractivity (Wildman–Crippen MR) is 63.8 cm³/mol. The molecule has 5 heteroatoms. The van der Waals surface area contributed by atoms with Gasteiger partial charge in [0.25, 0.3) is 0 Å². The molecule has 1 aromatic carbocycles. The van der Waals surface area contributed by atoms with Crippen molar-refractivity contribution < 1.29 is 19.1 Å². The predicted octanol–water partition coefficient (Wildman–Crippen LogP) is 1.57. The molecule has 1 amide bonds. The summed E-state index contributed by atoms with van der Waals surface area (Å²) >= 11 is 0. The molecule has 1 aliphatic heterocycles. The monoisotopic (exact) mass is 249 g/mol. The van der Waals surface area contributed by atoms with E-state index in [0.717, 1.165) is 5.56 Å². The Balaban J connectivity index is 1.84.